The summed E-state index contributed by atoms with van der Waals surface area (Å²) in [6, 6.07) is 8.25. The molecule has 1 N–H and O–H groups in total. The van der Waals surface area contributed by atoms with E-state index in [0.717, 1.165) is 31.0 Å². The van der Waals surface area contributed by atoms with Crippen LogP contribution in [-0.4, -0.2) is 65.1 Å². The fourth-order valence-electron chi connectivity index (χ4n) is 2.66. The molecule has 1 fully saturated rings. The Labute approximate surface area is 127 Å². The lowest BCUT2D eigenvalue weighted by molar-refractivity contribution is -0.0384. The molecule has 21 heavy (non-hydrogen) atoms. The van der Waals surface area contributed by atoms with Crippen molar-refractivity contribution in [3.8, 4) is 5.75 Å². The summed E-state index contributed by atoms with van der Waals surface area (Å²) in [5.41, 5.74) is 1.14. The Morgan fingerprint density at radius 3 is 2.90 bits per heavy atom. The monoisotopic (exact) mass is 294 g/mol. The van der Waals surface area contributed by atoms with Gasteiger partial charge < -0.3 is 24.4 Å². The number of benzene rings is 1. The Balaban J connectivity index is 2.13. The molecule has 0 aromatic heterocycles. The molecule has 2 rings (SSSR count). The van der Waals surface area contributed by atoms with Crippen molar-refractivity contribution >= 4 is 0 Å². The zero-order valence-electron chi connectivity index (χ0n) is 13.2. The Bertz CT molecular complexity index is 428. The number of morpholine rings is 1. The molecular weight excluding hydrogens is 268 g/mol. The minimum Gasteiger partial charge on any atom is -0.491 e. The van der Waals surface area contributed by atoms with E-state index in [1.54, 1.807) is 7.11 Å². The van der Waals surface area contributed by atoms with Gasteiger partial charge in [-0.25, -0.2) is 0 Å². The first-order valence-electron chi connectivity index (χ1n) is 7.44. The lowest BCUT2D eigenvalue weighted by Crippen LogP contribution is -2.46. The van der Waals surface area contributed by atoms with E-state index in [2.05, 4.69) is 23.3 Å². The molecule has 1 aromatic rings. The molecule has 0 aliphatic carbocycles. The van der Waals surface area contributed by atoms with Crippen molar-refractivity contribution in [1.82, 2.24) is 10.2 Å². The molecule has 118 valence electrons. The van der Waals surface area contributed by atoms with Crippen molar-refractivity contribution in [2.24, 2.45) is 0 Å². The molecule has 0 radical (unpaired) electrons. The van der Waals surface area contributed by atoms with Gasteiger partial charge in [0.1, 0.15) is 12.4 Å². The molecule has 5 heteroatoms. The maximum atomic E-state index is 5.95. The quantitative estimate of drug-likeness (QED) is 0.768. The molecule has 2 unspecified atom stereocenters. The molecule has 1 saturated heterocycles. The van der Waals surface area contributed by atoms with Crippen molar-refractivity contribution in [3.05, 3.63) is 29.8 Å². The van der Waals surface area contributed by atoms with E-state index >= 15 is 0 Å². The van der Waals surface area contributed by atoms with Crippen molar-refractivity contribution in [2.75, 3.05) is 54.1 Å². The third-order valence-corrected chi connectivity index (χ3v) is 3.78. The summed E-state index contributed by atoms with van der Waals surface area (Å²) in [5, 5.41) is 3.38. The number of nitrogens with zero attached hydrogens (tertiary/aromatic N) is 1. The van der Waals surface area contributed by atoms with Crippen LogP contribution in [-0.2, 0) is 9.47 Å². The van der Waals surface area contributed by atoms with Gasteiger partial charge in [-0.3, -0.25) is 0 Å². The summed E-state index contributed by atoms with van der Waals surface area (Å²) in [7, 11) is 5.77. The van der Waals surface area contributed by atoms with E-state index in [1.807, 2.05) is 25.2 Å². The number of rotatable bonds is 7. The topological polar surface area (TPSA) is 43.0 Å². The second kappa shape index (κ2) is 8.34. The Kier molecular flexibility index (Phi) is 6.45. The van der Waals surface area contributed by atoms with Crippen LogP contribution < -0.4 is 10.1 Å². The van der Waals surface area contributed by atoms with E-state index in [9.17, 15) is 0 Å². The van der Waals surface area contributed by atoms with Gasteiger partial charge in [-0.05, 0) is 20.2 Å². The summed E-state index contributed by atoms with van der Waals surface area (Å²) in [6.07, 6.45) is 0.126. The van der Waals surface area contributed by atoms with Gasteiger partial charge in [0, 0.05) is 25.8 Å². The fraction of sp³-hybridized carbons (Fsp3) is 0.625. The number of likely N-dealkylation sites (N-methyl/N-ethyl adjacent to an activating group) is 2. The van der Waals surface area contributed by atoms with E-state index in [-0.39, 0.29) is 12.1 Å². The zero-order valence-corrected chi connectivity index (χ0v) is 13.2. The molecule has 1 heterocycles. The van der Waals surface area contributed by atoms with Gasteiger partial charge in [-0.15, -0.1) is 0 Å². The molecule has 0 saturated carbocycles. The standard InChI is InChI=1S/C16H26N2O3/c1-17-16(15-12-18(2)8-9-20-15)13-6-4-5-7-14(13)21-11-10-19-3/h4-7,15-17H,8-12H2,1-3H3. The highest BCUT2D eigenvalue weighted by Gasteiger charge is 2.28. The lowest BCUT2D eigenvalue weighted by Gasteiger charge is -2.35. The van der Waals surface area contributed by atoms with E-state index in [0.29, 0.717) is 13.2 Å². The summed E-state index contributed by atoms with van der Waals surface area (Å²) in [4.78, 5) is 2.30. The second-order valence-electron chi connectivity index (χ2n) is 5.32. The predicted octanol–water partition coefficient (Wildman–Crippen LogP) is 1.30. The van der Waals surface area contributed by atoms with Crippen LogP contribution >= 0.6 is 0 Å². The molecule has 1 aliphatic heterocycles. The van der Waals surface area contributed by atoms with Gasteiger partial charge in [0.15, 0.2) is 0 Å². The molecule has 0 spiro atoms. The Morgan fingerprint density at radius 2 is 2.19 bits per heavy atom. The van der Waals surface area contributed by atoms with Gasteiger partial charge in [0.25, 0.3) is 0 Å². The van der Waals surface area contributed by atoms with E-state index in [4.69, 9.17) is 14.2 Å². The summed E-state index contributed by atoms with van der Waals surface area (Å²) >= 11 is 0. The van der Waals surface area contributed by atoms with Crippen molar-refractivity contribution in [2.45, 2.75) is 12.1 Å². The summed E-state index contributed by atoms with van der Waals surface area (Å²) < 4.78 is 16.8. The second-order valence-corrected chi connectivity index (χ2v) is 5.32. The van der Waals surface area contributed by atoms with Crippen LogP contribution in [0.15, 0.2) is 24.3 Å². The third-order valence-electron chi connectivity index (χ3n) is 3.78. The number of hydrogen-bond acceptors (Lipinski definition) is 5. The molecular formula is C16H26N2O3. The Hall–Kier alpha value is -1.14. The SMILES string of the molecule is CNC(c1ccccc1OCCOC)C1CN(C)CCO1. The molecule has 1 aliphatic rings. The van der Waals surface area contributed by atoms with Crippen LogP contribution in [0.5, 0.6) is 5.75 Å². The molecule has 5 nitrogen and oxygen atoms in total. The first-order chi connectivity index (χ1) is 10.3. The fourth-order valence-corrected chi connectivity index (χ4v) is 2.66. The first-order valence-corrected chi connectivity index (χ1v) is 7.44. The van der Waals surface area contributed by atoms with Gasteiger partial charge in [-0.2, -0.15) is 0 Å². The van der Waals surface area contributed by atoms with Crippen molar-refractivity contribution in [1.29, 1.82) is 0 Å². The third kappa shape index (κ3) is 4.41. The molecule has 2 atom stereocenters. The first kappa shape index (κ1) is 16.2. The number of hydrogen-bond donors (Lipinski definition) is 1. The van der Waals surface area contributed by atoms with E-state index in [1.165, 1.54) is 0 Å². The van der Waals surface area contributed by atoms with Crippen LogP contribution in [0, 0.1) is 0 Å². The zero-order chi connectivity index (χ0) is 15.1. The normalized spacial score (nSPS) is 21.2. The van der Waals surface area contributed by atoms with Crippen LogP contribution in [0.25, 0.3) is 0 Å². The van der Waals surface area contributed by atoms with Crippen LogP contribution in [0.2, 0.25) is 0 Å². The highest BCUT2D eigenvalue weighted by molar-refractivity contribution is 5.36. The summed E-state index contributed by atoms with van der Waals surface area (Å²) in [5.74, 6) is 0.894. The van der Waals surface area contributed by atoms with Gasteiger partial charge in [0.05, 0.1) is 25.4 Å². The number of nitrogens with one attached hydrogen (secondary N) is 1. The smallest absolute Gasteiger partial charge is 0.124 e. The minimum atomic E-state index is 0.117. The molecule has 0 amide bonds. The molecule has 1 aromatic carbocycles. The highest BCUT2D eigenvalue weighted by Crippen LogP contribution is 2.29. The average Bonchev–Trinajstić information content (AvgIpc) is 2.50. The highest BCUT2D eigenvalue weighted by atomic mass is 16.5. The predicted molar refractivity (Wildman–Crippen MR) is 82.9 cm³/mol. The largest absolute Gasteiger partial charge is 0.491 e. The number of ether oxygens (including phenoxy) is 3. The van der Waals surface area contributed by atoms with Gasteiger partial charge in [-0.1, -0.05) is 18.2 Å². The van der Waals surface area contributed by atoms with Gasteiger partial charge >= 0.3 is 0 Å². The van der Waals surface area contributed by atoms with Crippen molar-refractivity contribution < 1.29 is 14.2 Å². The van der Waals surface area contributed by atoms with Crippen molar-refractivity contribution in [3.63, 3.8) is 0 Å². The maximum Gasteiger partial charge on any atom is 0.124 e. The summed E-state index contributed by atoms with van der Waals surface area (Å²) in [6.45, 7) is 3.81. The van der Waals surface area contributed by atoms with E-state index < -0.39 is 0 Å². The maximum absolute atomic E-state index is 5.95. The number of para-hydroxylation sites is 1. The van der Waals surface area contributed by atoms with Gasteiger partial charge in [0.2, 0.25) is 0 Å². The minimum absolute atomic E-state index is 0.117. The van der Waals surface area contributed by atoms with Crippen LogP contribution in [0.4, 0.5) is 0 Å². The Morgan fingerprint density at radius 1 is 1.38 bits per heavy atom. The van der Waals surface area contributed by atoms with Crippen LogP contribution in [0.3, 0.4) is 0 Å². The lowest BCUT2D eigenvalue weighted by atomic mass is 9.99. The van der Waals surface area contributed by atoms with Crippen LogP contribution in [0.1, 0.15) is 11.6 Å². The number of methoxy groups -OCH3 is 1. The molecule has 0 bridgehead atoms. The average molecular weight is 294 g/mol.